The molecule has 98 valence electrons. The van der Waals surface area contributed by atoms with Crippen molar-refractivity contribution in [2.24, 2.45) is 0 Å². The Morgan fingerprint density at radius 3 is 2.24 bits per heavy atom. The summed E-state index contributed by atoms with van der Waals surface area (Å²) in [4.78, 5) is 2.68. The van der Waals surface area contributed by atoms with Crippen molar-refractivity contribution in [3.05, 3.63) is 0 Å². The normalized spacial score (nSPS) is 31.4. The van der Waals surface area contributed by atoms with Gasteiger partial charge in [0.1, 0.15) is 0 Å². The maximum atomic E-state index is 3.71. The van der Waals surface area contributed by atoms with Gasteiger partial charge in [0, 0.05) is 44.3 Å². The van der Waals surface area contributed by atoms with Gasteiger partial charge in [0.2, 0.25) is 0 Å². The molecule has 0 aromatic heterocycles. The molecular formula is C14H27N3. The highest BCUT2D eigenvalue weighted by molar-refractivity contribution is 4.91. The van der Waals surface area contributed by atoms with Crippen LogP contribution < -0.4 is 10.6 Å². The van der Waals surface area contributed by atoms with Gasteiger partial charge in [-0.05, 0) is 32.1 Å². The molecule has 3 fully saturated rings. The van der Waals surface area contributed by atoms with Gasteiger partial charge in [0.05, 0.1) is 0 Å². The summed E-state index contributed by atoms with van der Waals surface area (Å²) < 4.78 is 0. The van der Waals surface area contributed by atoms with Crippen LogP contribution in [0.3, 0.4) is 0 Å². The molecule has 3 aliphatic rings. The summed E-state index contributed by atoms with van der Waals surface area (Å²) >= 11 is 0. The van der Waals surface area contributed by atoms with Gasteiger partial charge in [-0.2, -0.15) is 0 Å². The van der Waals surface area contributed by atoms with Gasteiger partial charge < -0.3 is 10.6 Å². The van der Waals surface area contributed by atoms with Crippen LogP contribution in [0.4, 0.5) is 0 Å². The number of likely N-dealkylation sites (tertiary alicyclic amines) is 1. The van der Waals surface area contributed by atoms with Crippen LogP contribution in [-0.4, -0.2) is 49.2 Å². The Morgan fingerprint density at radius 1 is 0.824 bits per heavy atom. The zero-order valence-electron chi connectivity index (χ0n) is 11.0. The van der Waals surface area contributed by atoms with Crippen molar-refractivity contribution in [3.63, 3.8) is 0 Å². The summed E-state index contributed by atoms with van der Waals surface area (Å²) in [6, 6.07) is 2.54. The summed E-state index contributed by atoms with van der Waals surface area (Å²) in [5, 5.41) is 7.39. The first-order chi connectivity index (χ1) is 8.42. The third kappa shape index (κ3) is 3.43. The van der Waals surface area contributed by atoms with E-state index in [-0.39, 0.29) is 0 Å². The Hall–Kier alpha value is -0.120. The Labute approximate surface area is 105 Å². The molecule has 1 unspecified atom stereocenters. The topological polar surface area (TPSA) is 27.3 Å². The molecule has 0 aromatic rings. The van der Waals surface area contributed by atoms with Crippen molar-refractivity contribution < 1.29 is 0 Å². The maximum Gasteiger partial charge on any atom is 0.0207 e. The molecule has 1 atom stereocenters. The van der Waals surface area contributed by atoms with Crippen LogP contribution in [0, 0.1) is 0 Å². The number of nitrogens with zero attached hydrogens (tertiary/aromatic N) is 1. The van der Waals surface area contributed by atoms with Gasteiger partial charge in [0.25, 0.3) is 0 Å². The molecule has 0 spiro atoms. The van der Waals surface area contributed by atoms with Gasteiger partial charge in [0.15, 0.2) is 0 Å². The second-order valence-electron chi connectivity index (χ2n) is 6.10. The average Bonchev–Trinajstić information content (AvgIpc) is 2.89. The molecule has 3 rings (SSSR count). The van der Waals surface area contributed by atoms with E-state index >= 15 is 0 Å². The van der Waals surface area contributed by atoms with Crippen LogP contribution in [0.5, 0.6) is 0 Å². The van der Waals surface area contributed by atoms with Crippen LogP contribution in [0.1, 0.15) is 44.9 Å². The number of nitrogens with one attached hydrogen (secondary N) is 2. The Kier molecular flexibility index (Phi) is 3.99. The minimum absolute atomic E-state index is 0.765. The summed E-state index contributed by atoms with van der Waals surface area (Å²) in [5.41, 5.74) is 0. The lowest BCUT2D eigenvalue weighted by atomic mass is 10.2. The van der Waals surface area contributed by atoms with Crippen LogP contribution in [0.25, 0.3) is 0 Å². The van der Waals surface area contributed by atoms with E-state index in [4.69, 9.17) is 0 Å². The van der Waals surface area contributed by atoms with E-state index in [1.165, 1.54) is 58.0 Å². The predicted octanol–water partition coefficient (Wildman–Crippen LogP) is 1.34. The Balaban J connectivity index is 1.24. The molecular weight excluding hydrogens is 210 g/mol. The first kappa shape index (κ1) is 11.9. The molecule has 0 bridgehead atoms. The van der Waals surface area contributed by atoms with Crippen LogP contribution in [-0.2, 0) is 0 Å². The maximum absolute atomic E-state index is 3.71. The first-order valence-electron chi connectivity index (χ1n) is 7.62. The van der Waals surface area contributed by atoms with Crippen molar-refractivity contribution in [1.29, 1.82) is 0 Å². The summed E-state index contributed by atoms with van der Waals surface area (Å²) in [6.45, 7) is 4.94. The number of hydrogen-bond acceptors (Lipinski definition) is 3. The fraction of sp³-hybridized carbons (Fsp3) is 1.00. The van der Waals surface area contributed by atoms with Gasteiger partial charge in [-0.25, -0.2) is 0 Å². The number of rotatable bonds is 6. The zero-order valence-corrected chi connectivity index (χ0v) is 11.0. The summed E-state index contributed by atoms with van der Waals surface area (Å²) in [5.74, 6) is 0. The lowest BCUT2D eigenvalue weighted by Gasteiger charge is -2.17. The summed E-state index contributed by atoms with van der Waals surface area (Å²) in [6.07, 6.45) is 9.94. The fourth-order valence-electron chi connectivity index (χ4n) is 3.41. The van der Waals surface area contributed by atoms with E-state index in [1.54, 1.807) is 0 Å². The van der Waals surface area contributed by atoms with E-state index in [9.17, 15) is 0 Å². The number of hydrogen-bond donors (Lipinski definition) is 2. The standard InChI is InChI=1S/C14H27N3/c1-2-4-12(3-1)15-8-9-16-13-7-10-17(11-13)14-5-6-14/h12-16H,1-11H2. The smallest absolute Gasteiger partial charge is 0.0207 e. The van der Waals surface area contributed by atoms with Gasteiger partial charge in [-0.1, -0.05) is 12.8 Å². The Bertz CT molecular complexity index is 234. The van der Waals surface area contributed by atoms with Crippen LogP contribution in [0.15, 0.2) is 0 Å². The fourth-order valence-corrected chi connectivity index (χ4v) is 3.41. The molecule has 1 heterocycles. The molecule has 3 nitrogen and oxygen atoms in total. The molecule has 2 saturated carbocycles. The van der Waals surface area contributed by atoms with Gasteiger partial charge in [-0.3, -0.25) is 4.90 Å². The van der Waals surface area contributed by atoms with Crippen LogP contribution in [0.2, 0.25) is 0 Å². The minimum atomic E-state index is 0.765. The van der Waals surface area contributed by atoms with Gasteiger partial charge >= 0.3 is 0 Å². The third-order valence-electron chi connectivity index (χ3n) is 4.63. The van der Waals surface area contributed by atoms with Crippen molar-refractivity contribution in [3.8, 4) is 0 Å². The molecule has 2 aliphatic carbocycles. The van der Waals surface area contributed by atoms with Crippen molar-refractivity contribution in [1.82, 2.24) is 15.5 Å². The monoisotopic (exact) mass is 237 g/mol. The van der Waals surface area contributed by atoms with Crippen molar-refractivity contribution in [2.45, 2.75) is 63.1 Å². The first-order valence-corrected chi connectivity index (χ1v) is 7.62. The molecule has 0 radical (unpaired) electrons. The van der Waals surface area contributed by atoms with E-state index in [0.29, 0.717) is 0 Å². The molecule has 0 amide bonds. The molecule has 17 heavy (non-hydrogen) atoms. The van der Waals surface area contributed by atoms with Crippen molar-refractivity contribution >= 4 is 0 Å². The second-order valence-corrected chi connectivity index (χ2v) is 6.10. The second kappa shape index (κ2) is 5.68. The highest BCUT2D eigenvalue weighted by Crippen LogP contribution is 2.29. The van der Waals surface area contributed by atoms with Crippen LogP contribution >= 0.6 is 0 Å². The van der Waals surface area contributed by atoms with Gasteiger partial charge in [-0.15, -0.1) is 0 Å². The van der Waals surface area contributed by atoms with E-state index < -0.39 is 0 Å². The quantitative estimate of drug-likeness (QED) is 0.683. The van der Waals surface area contributed by atoms with Crippen molar-refractivity contribution in [2.75, 3.05) is 26.2 Å². The lowest BCUT2D eigenvalue weighted by molar-refractivity contribution is 0.317. The van der Waals surface area contributed by atoms with E-state index in [2.05, 4.69) is 15.5 Å². The lowest BCUT2D eigenvalue weighted by Crippen LogP contribution is -2.39. The van der Waals surface area contributed by atoms with E-state index in [1.807, 2.05) is 0 Å². The molecule has 3 heteroatoms. The SMILES string of the molecule is C1CCC(NCCNC2CCN(C3CC3)C2)C1. The molecule has 1 aliphatic heterocycles. The van der Waals surface area contributed by atoms with E-state index in [0.717, 1.165) is 31.2 Å². The predicted molar refractivity (Wildman–Crippen MR) is 71.3 cm³/mol. The average molecular weight is 237 g/mol. The summed E-state index contributed by atoms with van der Waals surface area (Å²) in [7, 11) is 0. The molecule has 1 saturated heterocycles. The molecule has 0 aromatic carbocycles. The highest BCUT2D eigenvalue weighted by Gasteiger charge is 2.33. The molecule has 2 N–H and O–H groups in total. The highest BCUT2D eigenvalue weighted by atomic mass is 15.2. The third-order valence-corrected chi connectivity index (χ3v) is 4.63. The minimum Gasteiger partial charge on any atom is -0.313 e. The largest absolute Gasteiger partial charge is 0.313 e. The Morgan fingerprint density at radius 2 is 1.53 bits per heavy atom. The zero-order chi connectivity index (χ0) is 11.5.